The summed E-state index contributed by atoms with van der Waals surface area (Å²) in [5.74, 6) is -6.95. The van der Waals surface area contributed by atoms with Gasteiger partial charge in [0.05, 0.1) is 26.4 Å². The molecule has 20 heteroatoms. The van der Waals surface area contributed by atoms with Gasteiger partial charge in [0, 0.05) is 54.8 Å². The van der Waals surface area contributed by atoms with Crippen molar-refractivity contribution in [1.82, 2.24) is 14.8 Å². The molecule has 2 aliphatic heterocycles. The zero-order valence-electron chi connectivity index (χ0n) is 23.8. The van der Waals surface area contributed by atoms with Crippen LogP contribution in [-0.2, 0) is 16.1 Å². The number of aliphatic carboxylic acids is 2. The molecule has 0 aliphatic carbocycles. The number of fused-ring (bicyclic) bond motifs is 2. The van der Waals surface area contributed by atoms with Crippen LogP contribution < -0.4 is 11.1 Å². The first-order valence-electron chi connectivity index (χ1n) is 13.3. The number of carboxylic acids is 2. The van der Waals surface area contributed by atoms with Crippen molar-refractivity contribution in [2.75, 3.05) is 25.4 Å². The van der Waals surface area contributed by atoms with Crippen molar-refractivity contribution in [2.24, 2.45) is 0 Å². The van der Waals surface area contributed by atoms with Gasteiger partial charge in [0.25, 0.3) is 5.91 Å². The molecule has 256 valence electrons. The lowest BCUT2D eigenvalue weighted by Crippen LogP contribution is -2.54. The monoisotopic (exact) mass is 725 g/mol. The summed E-state index contributed by atoms with van der Waals surface area (Å²) in [6.07, 6.45) is -7.73. The number of aryl methyl sites for hydroxylation is 1. The smallest absolute Gasteiger partial charge is 0.475 e. The average molecular weight is 726 g/mol. The van der Waals surface area contributed by atoms with Gasteiger partial charge < -0.3 is 30.7 Å². The highest BCUT2D eigenvalue weighted by atomic mass is 35.5. The van der Waals surface area contributed by atoms with E-state index in [-0.39, 0.29) is 48.7 Å². The predicted molar refractivity (Wildman–Crippen MR) is 157 cm³/mol. The summed E-state index contributed by atoms with van der Waals surface area (Å²) < 4.78 is 96.1. The molecule has 4 heterocycles. The van der Waals surface area contributed by atoms with E-state index in [1.54, 1.807) is 11.1 Å². The van der Waals surface area contributed by atoms with Gasteiger partial charge in [-0.3, -0.25) is 4.79 Å². The number of aromatic nitrogens is 1. The number of nitrogens with two attached hydrogens (primary N) is 1. The molecular weight excluding hydrogens is 706 g/mol. The number of amides is 1. The van der Waals surface area contributed by atoms with E-state index in [0.717, 1.165) is 17.8 Å². The van der Waals surface area contributed by atoms with Gasteiger partial charge in [-0.25, -0.2) is 18.4 Å². The van der Waals surface area contributed by atoms with Crippen molar-refractivity contribution in [3.8, 4) is 17.2 Å². The molecule has 2 aromatic heterocycles. The number of rotatable bonds is 1. The number of hydrogen-bond donors (Lipinski definition) is 4. The van der Waals surface area contributed by atoms with Crippen molar-refractivity contribution in [3.63, 3.8) is 0 Å². The highest BCUT2D eigenvalue weighted by Crippen LogP contribution is 2.46. The van der Waals surface area contributed by atoms with E-state index in [0.29, 0.717) is 42.6 Å². The summed E-state index contributed by atoms with van der Waals surface area (Å²) in [5.41, 5.74) is 7.33. The first-order valence-corrected chi connectivity index (χ1v) is 14.5. The number of alkyl halides is 6. The number of hydrogen-bond acceptors (Lipinski definition) is 7. The second kappa shape index (κ2) is 13.4. The SMILES string of the molecule is N#Cc1c(N)sc2c(F)ccc(-c3c(F)cc4c5c3c(Cl)cn5CC[C@@H]3CNCCN3C4=O)c12.O=C(O)C(F)(F)F.O=C(O)C(F)(F)F. The molecular formula is C28H20ClF8N5O5S. The summed E-state index contributed by atoms with van der Waals surface area (Å²) in [7, 11) is 0. The molecule has 0 radical (unpaired) electrons. The first-order chi connectivity index (χ1) is 22.3. The number of carbonyl (C=O) groups excluding carboxylic acids is 1. The summed E-state index contributed by atoms with van der Waals surface area (Å²) in [6.45, 7) is 2.51. The van der Waals surface area contributed by atoms with Crippen LogP contribution in [0.4, 0.5) is 40.1 Å². The lowest BCUT2D eigenvalue weighted by atomic mass is 9.93. The van der Waals surface area contributed by atoms with Crippen LogP contribution in [0.1, 0.15) is 22.3 Å². The fraction of sp³-hybridized carbons (Fsp3) is 0.286. The Morgan fingerprint density at radius 2 is 1.62 bits per heavy atom. The molecule has 1 saturated heterocycles. The van der Waals surface area contributed by atoms with E-state index in [9.17, 15) is 40.8 Å². The van der Waals surface area contributed by atoms with E-state index >= 15 is 4.39 Å². The van der Waals surface area contributed by atoms with Crippen LogP contribution in [-0.4, -0.2) is 75.6 Å². The Hall–Kier alpha value is -4.67. The second-order valence-electron chi connectivity index (χ2n) is 10.2. The molecule has 6 rings (SSSR count). The van der Waals surface area contributed by atoms with Crippen molar-refractivity contribution in [2.45, 2.75) is 31.4 Å². The second-order valence-corrected chi connectivity index (χ2v) is 11.6. The molecule has 4 aromatic rings. The fourth-order valence-corrected chi connectivity index (χ4v) is 6.53. The molecule has 1 fully saturated rings. The zero-order valence-corrected chi connectivity index (χ0v) is 25.3. The van der Waals surface area contributed by atoms with Gasteiger partial charge in [0.15, 0.2) is 0 Å². The third-order valence-electron chi connectivity index (χ3n) is 7.28. The molecule has 48 heavy (non-hydrogen) atoms. The minimum Gasteiger partial charge on any atom is -0.475 e. The number of nitrogen functional groups attached to an aromatic ring is 1. The van der Waals surface area contributed by atoms with Crippen LogP contribution in [0, 0.1) is 23.0 Å². The molecule has 1 amide bonds. The third-order valence-corrected chi connectivity index (χ3v) is 8.59. The maximum Gasteiger partial charge on any atom is 0.490 e. The maximum atomic E-state index is 15.9. The number of carbonyl (C=O) groups is 3. The van der Waals surface area contributed by atoms with Crippen LogP contribution in [0.15, 0.2) is 24.4 Å². The van der Waals surface area contributed by atoms with Crippen molar-refractivity contribution < 1.29 is 59.7 Å². The summed E-state index contributed by atoms with van der Waals surface area (Å²) in [4.78, 5) is 33.1. The number of thiophene rings is 1. The fourth-order valence-electron chi connectivity index (χ4n) is 5.28. The lowest BCUT2D eigenvalue weighted by Gasteiger charge is -2.38. The summed E-state index contributed by atoms with van der Waals surface area (Å²) in [5, 5.41) is 28.3. The van der Waals surface area contributed by atoms with Crippen LogP contribution in [0.5, 0.6) is 0 Å². The highest BCUT2D eigenvalue weighted by Gasteiger charge is 2.39. The van der Waals surface area contributed by atoms with Crippen molar-refractivity contribution >= 4 is 66.8 Å². The molecule has 0 bridgehead atoms. The lowest BCUT2D eigenvalue weighted by molar-refractivity contribution is -0.193. The number of nitriles is 1. The summed E-state index contributed by atoms with van der Waals surface area (Å²) >= 11 is 7.62. The predicted octanol–water partition coefficient (Wildman–Crippen LogP) is 5.99. The molecule has 0 unspecified atom stereocenters. The highest BCUT2D eigenvalue weighted by molar-refractivity contribution is 7.23. The molecule has 2 aromatic carbocycles. The van der Waals surface area contributed by atoms with Gasteiger partial charge in [-0.1, -0.05) is 17.7 Å². The Kier molecular flexibility index (Phi) is 10.1. The summed E-state index contributed by atoms with van der Waals surface area (Å²) in [6, 6.07) is 5.95. The van der Waals surface area contributed by atoms with Crippen LogP contribution in [0.3, 0.4) is 0 Å². The van der Waals surface area contributed by atoms with E-state index in [1.807, 2.05) is 10.6 Å². The topological polar surface area (TPSA) is 162 Å². The van der Waals surface area contributed by atoms with E-state index in [4.69, 9.17) is 37.1 Å². The number of benzene rings is 2. The quantitative estimate of drug-likeness (QED) is 0.174. The Morgan fingerprint density at radius 3 is 2.19 bits per heavy atom. The van der Waals surface area contributed by atoms with Crippen molar-refractivity contribution in [3.05, 3.63) is 52.2 Å². The van der Waals surface area contributed by atoms with E-state index in [1.165, 1.54) is 18.2 Å². The number of carboxylic acid groups (broad SMARTS) is 2. The Bertz CT molecular complexity index is 1960. The average Bonchev–Trinajstić information content (AvgIpc) is 3.51. The van der Waals surface area contributed by atoms with Crippen LogP contribution in [0.25, 0.3) is 32.1 Å². The van der Waals surface area contributed by atoms with Gasteiger partial charge >= 0.3 is 24.3 Å². The van der Waals surface area contributed by atoms with Gasteiger partial charge in [-0.15, -0.1) is 11.3 Å². The van der Waals surface area contributed by atoms with Gasteiger partial charge in [-0.2, -0.15) is 31.6 Å². The van der Waals surface area contributed by atoms with Crippen LogP contribution >= 0.6 is 22.9 Å². The molecule has 10 nitrogen and oxygen atoms in total. The molecule has 2 aliphatic rings. The van der Waals surface area contributed by atoms with Gasteiger partial charge in [0.2, 0.25) is 0 Å². The number of piperazine rings is 1. The van der Waals surface area contributed by atoms with Gasteiger partial charge in [-0.05, 0) is 24.1 Å². The maximum absolute atomic E-state index is 15.9. The minimum absolute atomic E-state index is 0.0112. The minimum atomic E-state index is -5.08. The standard InChI is InChI=1S/C24H18ClF2N5OS.2C2HF3O2/c25-15-10-31-5-3-11-9-30-4-6-32(11)24(33)13-7-17(27)19(20(15)21(13)31)12-1-2-16(26)22-18(12)14(8-28)23(29)34-22;2*3-2(4,5)1(6)7/h1-2,7,10-11,30H,3-6,9,29H2;2*(H,6,7)/t11-;;/m1../s1. The Labute approximate surface area is 272 Å². The molecule has 1 atom stereocenters. The molecule has 5 N–H and O–H groups in total. The van der Waals surface area contributed by atoms with Crippen LogP contribution in [0.2, 0.25) is 5.02 Å². The Morgan fingerprint density at radius 1 is 1.02 bits per heavy atom. The Balaban J connectivity index is 0.000000314. The van der Waals surface area contributed by atoms with E-state index < -0.39 is 35.9 Å². The number of anilines is 1. The zero-order chi connectivity index (χ0) is 35.9. The normalized spacial score (nSPS) is 16.1. The number of nitrogens with zero attached hydrogens (tertiary/aromatic N) is 3. The molecule has 0 saturated carbocycles. The molecule has 0 spiro atoms. The number of halogens is 9. The van der Waals surface area contributed by atoms with E-state index in [2.05, 4.69) is 5.32 Å². The third kappa shape index (κ3) is 6.95. The first kappa shape index (κ1) is 36.2. The largest absolute Gasteiger partial charge is 0.490 e. The van der Waals surface area contributed by atoms with Crippen molar-refractivity contribution in [1.29, 1.82) is 5.26 Å². The van der Waals surface area contributed by atoms with Gasteiger partial charge in [0.1, 0.15) is 22.7 Å². The number of nitrogens with one attached hydrogen (secondary N) is 1.